The lowest BCUT2D eigenvalue weighted by molar-refractivity contribution is -0.379. The lowest BCUT2D eigenvalue weighted by Gasteiger charge is -2.07. The fourth-order valence-electron chi connectivity index (χ4n) is 2.15. The highest BCUT2D eigenvalue weighted by Gasteiger charge is 2.16. The Labute approximate surface area is 150 Å². The van der Waals surface area contributed by atoms with E-state index >= 15 is 0 Å². The molecule has 7 heteroatoms. The number of aryl methyl sites for hydroxylation is 1. The van der Waals surface area contributed by atoms with Crippen LogP contribution in [0, 0.1) is 11.8 Å². The topological polar surface area (TPSA) is 90.1 Å². The summed E-state index contributed by atoms with van der Waals surface area (Å²) < 4.78 is 0. The van der Waals surface area contributed by atoms with Crippen molar-refractivity contribution in [1.29, 1.82) is 0 Å². The van der Waals surface area contributed by atoms with Gasteiger partial charge < -0.3 is 10.8 Å². The van der Waals surface area contributed by atoms with Gasteiger partial charge in [-0.15, -0.1) is 0 Å². The maximum atomic E-state index is 12.2. The summed E-state index contributed by atoms with van der Waals surface area (Å²) >= 11 is 11.2. The van der Waals surface area contributed by atoms with E-state index in [0.717, 1.165) is 11.1 Å². The lowest BCUT2D eigenvalue weighted by atomic mass is 10.1. The number of carbonyl (C=O) groups excluding carboxylic acids is 1. The average Bonchev–Trinajstić information content (AvgIpc) is 2.52. The van der Waals surface area contributed by atoms with Crippen molar-refractivity contribution in [3.8, 4) is 0 Å². The van der Waals surface area contributed by atoms with Gasteiger partial charge in [-0.25, -0.2) is 0 Å². The van der Waals surface area contributed by atoms with Crippen LogP contribution >= 0.6 is 23.8 Å². The van der Waals surface area contributed by atoms with Crippen molar-refractivity contribution in [3.05, 3.63) is 69.1 Å². The molecule has 3 N–H and O–H groups in total. The number of thiocarbonyl (C=S) groups is 1. The van der Waals surface area contributed by atoms with E-state index in [2.05, 4.69) is 5.32 Å². The van der Waals surface area contributed by atoms with E-state index in [1.807, 2.05) is 25.1 Å². The smallest absolute Gasteiger partial charge is 0.266 e. The van der Waals surface area contributed by atoms with Gasteiger partial charge in [0.25, 0.3) is 11.6 Å². The number of halogens is 1. The monoisotopic (exact) mass is 364 g/mol. The molecule has 0 aliphatic rings. The number of amides is 1. The molecule has 0 fully saturated rings. The Bertz CT molecular complexity index is 765. The number of carbonyl (C=O) groups is 1. The Morgan fingerprint density at radius 3 is 2.67 bits per heavy atom. The van der Waals surface area contributed by atoms with Crippen molar-refractivity contribution in [2.75, 3.05) is 6.54 Å². The van der Waals surface area contributed by atoms with E-state index in [1.54, 1.807) is 29.4 Å². The zero-order chi connectivity index (χ0) is 16.8. The Morgan fingerprint density at radius 1 is 1.25 bits per heavy atom. The summed E-state index contributed by atoms with van der Waals surface area (Å²) in [6.45, 7) is 2.11. The van der Waals surface area contributed by atoms with E-state index in [-0.39, 0.29) is 23.6 Å². The van der Waals surface area contributed by atoms with Crippen LogP contribution in [0.15, 0.2) is 42.5 Å². The molecule has 0 atom stereocenters. The summed E-state index contributed by atoms with van der Waals surface area (Å²) in [4.78, 5) is 23.8. The second kappa shape index (κ2) is 9.22. The maximum Gasteiger partial charge on any atom is 0.266 e. The van der Waals surface area contributed by atoms with E-state index < -0.39 is 0 Å². The van der Waals surface area contributed by atoms with Gasteiger partial charge in [-0.3, -0.25) is 4.79 Å². The highest BCUT2D eigenvalue weighted by atomic mass is 35.5. The first kappa shape index (κ1) is 19.9. The molecule has 1 amide bonds. The van der Waals surface area contributed by atoms with Crippen LogP contribution in [0.1, 0.15) is 21.5 Å². The lowest BCUT2D eigenvalue weighted by Crippen LogP contribution is -2.57. The molecule has 0 heterocycles. The summed E-state index contributed by atoms with van der Waals surface area (Å²) in [5.41, 5.74) is 2.45. The third kappa shape index (κ3) is 5.49. The zero-order valence-corrected chi connectivity index (χ0v) is 14.6. The van der Waals surface area contributed by atoms with E-state index in [4.69, 9.17) is 23.8 Å². The summed E-state index contributed by atoms with van der Waals surface area (Å²) in [5, 5.41) is 5.18. The molecule has 0 aliphatic heterocycles. The van der Waals surface area contributed by atoms with Crippen LogP contribution in [-0.4, -0.2) is 22.8 Å². The summed E-state index contributed by atoms with van der Waals surface area (Å²) in [6.07, 6.45) is 0.552. The van der Waals surface area contributed by atoms with Crippen molar-refractivity contribution in [3.63, 3.8) is 0 Å². The van der Waals surface area contributed by atoms with Gasteiger partial charge >= 0.3 is 0 Å². The Hall–Kier alpha value is -2.15. The number of hydrogen-bond acceptors (Lipinski definition) is 4. The van der Waals surface area contributed by atoms with Crippen molar-refractivity contribution in [2.24, 2.45) is 0 Å². The first-order valence-corrected chi connectivity index (χ1v) is 7.81. The SMILES string of the molecule is Cc1ccc([NH+]=O)c(C(=O)NCC(=S)Cc2cccc(Cl)c2)c1.[OH-]. The molecule has 0 aromatic heterocycles. The molecular weight excluding hydrogens is 348 g/mol. The molecule has 5 nitrogen and oxygen atoms in total. The van der Waals surface area contributed by atoms with Crippen LogP contribution in [0.5, 0.6) is 0 Å². The normalized spacial score (nSPS) is 9.75. The molecule has 2 aromatic carbocycles. The second-order valence-corrected chi connectivity index (χ2v) is 6.19. The highest BCUT2D eigenvalue weighted by Crippen LogP contribution is 2.13. The standard InChI is InChI=1S/C17H15ClN2O2S.H2O/c1-11-5-6-16(20-22)15(7-11)17(21)19-10-14(23)9-12-3-2-4-13(18)8-12;/h2-8H,9-10H2,1H3,(H,19,21);1H2. The summed E-state index contributed by atoms with van der Waals surface area (Å²) in [6, 6.07) is 12.4. The molecule has 24 heavy (non-hydrogen) atoms. The maximum absolute atomic E-state index is 12.2. The molecule has 0 aliphatic carbocycles. The minimum Gasteiger partial charge on any atom is -0.870 e. The molecular formula is C17H17ClN2O3S. The van der Waals surface area contributed by atoms with Crippen LogP contribution in [0.25, 0.3) is 0 Å². The number of hydrogen-bond donors (Lipinski definition) is 2. The number of nitroso groups, excluding NO2 is 1. The average molecular weight is 365 g/mol. The van der Waals surface area contributed by atoms with Gasteiger partial charge in [0.2, 0.25) is 0 Å². The molecule has 126 valence electrons. The third-order valence-corrected chi connectivity index (χ3v) is 3.79. The van der Waals surface area contributed by atoms with E-state index in [1.165, 1.54) is 0 Å². The molecule has 0 bridgehead atoms. The first-order valence-electron chi connectivity index (χ1n) is 7.02. The predicted molar refractivity (Wildman–Crippen MR) is 97.2 cm³/mol. The Balaban J connectivity index is 0.00000288. The number of nitrogens with one attached hydrogen (secondary N) is 2. The second-order valence-electron chi connectivity index (χ2n) is 5.18. The fraction of sp³-hybridized carbons (Fsp3) is 0.176. The Kier molecular flexibility index (Phi) is 7.64. The minimum absolute atomic E-state index is 0. The number of benzene rings is 2. The minimum atomic E-state index is -0.333. The summed E-state index contributed by atoms with van der Waals surface area (Å²) in [7, 11) is 0. The molecule has 0 saturated heterocycles. The van der Waals surface area contributed by atoms with Crippen LogP contribution in [0.4, 0.5) is 5.69 Å². The molecule has 0 radical (unpaired) electrons. The fourth-order valence-corrected chi connectivity index (χ4v) is 2.60. The zero-order valence-electron chi connectivity index (χ0n) is 13.0. The third-order valence-electron chi connectivity index (χ3n) is 3.27. The van der Waals surface area contributed by atoms with Gasteiger partial charge in [0, 0.05) is 39.0 Å². The van der Waals surface area contributed by atoms with Crippen molar-refractivity contribution < 1.29 is 15.4 Å². The van der Waals surface area contributed by atoms with Crippen LogP contribution in [0.2, 0.25) is 5.02 Å². The largest absolute Gasteiger partial charge is 0.870 e. The van der Waals surface area contributed by atoms with Gasteiger partial charge in [-0.1, -0.05) is 42.0 Å². The quantitative estimate of drug-likeness (QED) is 0.769. The van der Waals surface area contributed by atoms with Gasteiger partial charge in [0.05, 0.1) is 0 Å². The van der Waals surface area contributed by atoms with E-state index in [9.17, 15) is 9.70 Å². The molecule has 0 unspecified atom stereocenters. The van der Waals surface area contributed by atoms with Crippen LogP contribution in [-0.2, 0) is 6.42 Å². The molecule has 0 spiro atoms. The van der Waals surface area contributed by atoms with Crippen molar-refractivity contribution >= 4 is 40.3 Å². The van der Waals surface area contributed by atoms with Gasteiger partial charge in [-0.2, -0.15) is 0 Å². The van der Waals surface area contributed by atoms with Crippen molar-refractivity contribution in [1.82, 2.24) is 5.32 Å². The molecule has 2 rings (SSSR count). The summed E-state index contributed by atoms with van der Waals surface area (Å²) in [5.74, 6) is -0.333. The van der Waals surface area contributed by atoms with Gasteiger partial charge in [0.1, 0.15) is 5.56 Å². The predicted octanol–water partition coefficient (Wildman–Crippen LogP) is 2.29. The number of rotatable bonds is 6. The van der Waals surface area contributed by atoms with E-state index in [0.29, 0.717) is 21.9 Å². The van der Waals surface area contributed by atoms with Crippen LogP contribution in [0.3, 0.4) is 0 Å². The Morgan fingerprint density at radius 2 is 2.00 bits per heavy atom. The molecule has 0 saturated carbocycles. The first-order chi connectivity index (χ1) is 11.0. The van der Waals surface area contributed by atoms with Crippen molar-refractivity contribution in [2.45, 2.75) is 13.3 Å². The van der Waals surface area contributed by atoms with Crippen LogP contribution < -0.4 is 10.5 Å². The highest BCUT2D eigenvalue weighted by molar-refractivity contribution is 7.80. The van der Waals surface area contributed by atoms with Gasteiger partial charge in [-0.05, 0) is 36.2 Å². The van der Waals surface area contributed by atoms with Gasteiger partial charge in [0.15, 0.2) is 0 Å². The molecule has 2 aromatic rings.